The van der Waals surface area contributed by atoms with Gasteiger partial charge in [-0.25, -0.2) is 4.99 Å². The monoisotopic (exact) mass is 285 g/mol. The Morgan fingerprint density at radius 3 is 2.36 bits per heavy atom. The van der Waals surface area contributed by atoms with Gasteiger partial charge in [0.05, 0.1) is 12.8 Å². The predicted molar refractivity (Wildman–Crippen MR) is 92.0 cm³/mol. The molecule has 0 spiro atoms. The van der Waals surface area contributed by atoms with E-state index in [0.717, 1.165) is 22.4 Å². The predicted octanol–water partition coefficient (Wildman–Crippen LogP) is 4.60. The Morgan fingerprint density at radius 1 is 0.955 bits per heavy atom. The van der Waals surface area contributed by atoms with Crippen molar-refractivity contribution >= 4 is 22.2 Å². The Kier molecular flexibility index (Phi) is 3.89. The molecule has 0 saturated carbocycles. The fourth-order valence-electron chi connectivity index (χ4n) is 2.30. The average molecular weight is 285 g/mol. The van der Waals surface area contributed by atoms with Gasteiger partial charge in [-0.05, 0) is 47.0 Å². The van der Waals surface area contributed by atoms with Crippen LogP contribution in [0.2, 0.25) is 0 Å². The van der Waals surface area contributed by atoms with E-state index in [9.17, 15) is 0 Å². The summed E-state index contributed by atoms with van der Waals surface area (Å²) in [5.74, 6) is 3.48. The number of fused-ring (bicyclic) bond motifs is 1. The summed E-state index contributed by atoms with van der Waals surface area (Å²) in [5.41, 5.74) is 2.37. The highest BCUT2D eigenvalue weighted by molar-refractivity contribution is 6.15. The van der Waals surface area contributed by atoms with E-state index in [1.165, 1.54) is 5.39 Å². The van der Waals surface area contributed by atoms with Gasteiger partial charge >= 0.3 is 0 Å². The lowest BCUT2D eigenvalue weighted by Gasteiger charge is -2.04. The van der Waals surface area contributed by atoms with Gasteiger partial charge in [0.1, 0.15) is 11.5 Å². The molecule has 2 nitrogen and oxygen atoms in total. The Balaban J connectivity index is 2.01. The topological polar surface area (TPSA) is 21.6 Å². The van der Waals surface area contributed by atoms with Crippen LogP contribution < -0.4 is 4.74 Å². The second-order valence-electron chi connectivity index (χ2n) is 4.86. The molecular formula is C20H15NO. The first-order valence-corrected chi connectivity index (χ1v) is 6.99. The van der Waals surface area contributed by atoms with Gasteiger partial charge in [-0.3, -0.25) is 0 Å². The minimum absolute atomic E-state index is 0.621. The molecule has 0 bridgehead atoms. The molecule has 0 heterocycles. The molecule has 0 unspecified atom stereocenters. The number of terminal acetylenes is 1. The minimum atomic E-state index is 0.621. The summed E-state index contributed by atoms with van der Waals surface area (Å²) < 4.78 is 5.14. The molecule has 0 aliphatic carbocycles. The number of aliphatic imine (C=N–C) groups is 1. The van der Waals surface area contributed by atoms with Crippen LogP contribution in [0.5, 0.6) is 5.75 Å². The standard InChI is InChI=1S/C20H15NO/c1-3-20(21-18-10-12-19(22-2)13-11-18)17-9-8-15-6-4-5-7-16(15)14-17/h1,4-14H,2H3. The maximum absolute atomic E-state index is 5.65. The lowest BCUT2D eigenvalue weighted by Crippen LogP contribution is -1.96. The van der Waals surface area contributed by atoms with Crippen molar-refractivity contribution in [3.8, 4) is 18.1 Å². The fraction of sp³-hybridized carbons (Fsp3) is 0.0500. The third kappa shape index (κ3) is 2.84. The normalized spacial score (nSPS) is 11.2. The first-order chi connectivity index (χ1) is 10.8. The number of nitrogens with zero attached hydrogens (tertiary/aromatic N) is 1. The Labute approximate surface area is 130 Å². The van der Waals surface area contributed by atoms with Crippen LogP contribution in [0.1, 0.15) is 5.56 Å². The summed E-state index contributed by atoms with van der Waals surface area (Å²) in [4.78, 5) is 4.55. The number of hydrogen-bond donors (Lipinski definition) is 0. The average Bonchev–Trinajstić information content (AvgIpc) is 2.59. The summed E-state index contributed by atoms with van der Waals surface area (Å²) in [6.45, 7) is 0. The van der Waals surface area contributed by atoms with E-state index in [0.29, 0.717) is 5.71 Å². The van der Waals surface area contributed by atoms with Gasteiger partial charge in [0.15, 0.2) is 0 Å². The van der Waals surface area contributed by atoms with Crippen LogP contribution in [0.3, 0.4) is 0 Å². The Morgan fingerprint density at radius 2 is 1.68 bits per heavy atom. The summed E-state index contributed by atoms with van der Waals surface area (Å²) >= 11 is 0. The maximum atomic E-state index is 5.65. The van der Waals surface area contributed by atoms with Crippen molar-refractivity contribution < 1.29 is 4.74 Å². The van der Waals surface area contributed by atoms with Gasteiger partial charge in [-0.1, -0.05) is 36.4 Å². The third-order valence-corrected chi connectivity index (χ3v) is 3.47. The van der Waals surface area contributed by atoms with Crippen molar-refractivity contribution in [2.75, 3.05) is 7.11 Å². The quantitative estimate of drug-likeness (QED) is 0.509. The van der Waals surface area contributed by atoms with Gasteiger partial charge in [0.2, 0.25) is 0 Å². The van der Waals surface area contributed by atoms with Crippen molar-refractivity contribution in [1.82, 2.24) is 0 Å². The Hall–Kier alpha value is -3.05. The molecule has 0 aromatic heterocycles. The highest BCUT2D eigenvalue weighted by Gasteiger charge is 2.03. The number of rotatable bonds is 3. The second-order valence-corrected chi connectivity index (χ2v) is 4.86. The first-order valence-electron chi connectivity index (χ1n) is 6.99. The van der Waals surface area contributed by atoms with Crippen molar-refractivity contribution in [2.24, 2.45) is 4.99 Å². The zero-order valence-electron chi connectivity index (χ0n) is 12.3. The number of methoxy groups -OCH3 is 1. The zero-order valence-corrected chi connectivity index (χ0v) is 12.3. The van der Waals surface area contributed by atoms with Crippen LogP contribution in [0.15, 0.2) is 71.7 Å². The molecule has 3 rings (SSSR count). The molecule has 3 aromatic rings. The molecule has 22 heavy (non-hydrogen) atoms. The molecule has 0 N–H and O–H groups in total. The van der Waals surface area contributed by atoms with Gasteiger partial charge in [-0.2, -0.15) is 0 Å². The van der Waals surface area contributed by atoms with E-state index in [1.54, 1.807) is 7.11 Å². The van der Waals surface area contributed by atoms with Crippen LogP contribution in [-0.4, -0.2) is 12.8 Å². The van der Waals surface area contributed by atoms with Crippen molar-refractivity contribution in [2.45, 2.75) is 0 Å². The molecular weight excluding hydrogens is 270 g/mol. The summed E-state index contributed by atoms with van der Waals surface area (Å²) in [6.07, 6.45) is 5.65. The minimum Gasteiger partial charge on any atom is -0.497 e. The van der Waals surface area contributed by atoms with E-state index in [2.05, 4.69) is 35.2 Å². The molecule has 2 heteroatoms. The first kappa shape index (κ1) is 13.9. The van der Waals surface area contributed by atoms with Crippen LogP contribution in [0.4, 0.5) is 5.69 Å². The van der Waals surface area contributed by atoms with Gasteiger partial charge < -0.3 is 4.74 Å². The summed E-state index contributed by atoms with van der Waals surface area (Å²) in [7, 11) is 1.64. The molecule has 0 radical (unpaired) electrons. The van der Waals surface area contributed by atoms with Gasteiger partial charge in [0, 0.05) is 5.56 Å². The van der Waals surface area contributed by atoms with Crippen molar-refractivity contribution in [3.63, 3.8) is 0 Å². The molecule has 106 valence electrons. The number of ether oxygens (including phenoxy) is 1. The van der Waals surface area contributed by atoms with E-state index < -0.39 is 0 Å². The van der Waals surface area contributed by atoms with E-state index in [1.807, 2.05) is 42.5 Å². The number of hydrogen-bond acceptors (Lipinski definition) is 2. The highest BCUT2D eigenvalue weighted by atomic mass is 16.5. The van der Waals surface area contributed by atoms with Crippen LogP contribution in [-0.2, 0) is 0 Å². The van der Waals surface area contributed by atoms with Crippen LogP contribution in [0.25, 0.3) is 10.8 Å². The molecule has 0 saturated heterocycles. The van der Waals surface area contributed by atoms with Gasteiger partial charge in [0.25, 0.3) is 0 Å². The van der Waals surface area contributed by atoms with E-state index in [4.69, 9.17) is 11.2 Å². The molecule has 0 aliphatic heterocycles. The summed E-state index contributed by atoms with van der Waals surface area (Å²) in [5, 5.41) is 2.34. The van der Waals surface area contributed by atoms with Crippen LogP contribution in [0, 0.1) is 12.3 Å². The largest absolute Gasteiger partial charge is 0.497 e. The molecule has 0 atom stereocenters. The molecule has 0 aliphatic rings. The van der Waals surface area contributed by atoms with E-state index in [-0.39, 0.29) is 0 Å². The third-order valence-electron chi connectivity index (χ3n) is 3.47. The molecule has 0 amide bonds. The fourth-order valence-corrected chi connectivity index (χ4v) is 2.30. The molecule has 3 aromatic carbocycles. The highest BCUT2D eigenvalue weighted by Crippen LogP contribution is 2.20. The lowest BCUT2D eigenvalue weighted by molar-refractivity contribution is 0.415. The second kappa shape index (κ2) is 6.15. The van der Waals surface area contributed by atoms with Crippen molar-refractivity contribution in [3.05, 3.63) is 72.3 Å². The maximum Gasteiger partial charge on any atom is 0.120 e. The smallest absolute Gasteiger partial charge is 0.120 e. The summed E-state index contributed by atoms with van der Waals surface area (Å²) in [6, 6.07) is 21.8. The van der Waals surface area contributed by atoms with E-state index >= 15 is 0 Å². The van der Waals surface area contributed by atoms with Crippen LogP contribution >= 0.6 is 0 Å². The van der Waals surface area contributed by atoms with Crippen molar-refractivity contribution in [1.29, 1.82) is 0 Å². The SMILES string of the molecule is C#CC(=Nc1ccc(OC)cc1)c1ccc2ccccc2c1. The number of benzene rings is 3. The lowest BCUT2D eigenvalue weighted by atomic mass is 10.0. The zero-order chi connectivity index (χ0) is 15.4. The van der Waals surface area contributed by atoms with Gasteiger partial charge in [-0.15, -0.1) is 6.42 Å². The molecule has 0 fully saturated rings. The Bertz CT molecular complexity index is 870.